The molecule has 6 nitrogen and oxygen atoms in total. The highest BCUT2D eigenvalue weighted by molar-refractivity contribution is 5.90. The predicted octanol–water partition coefficient (Wildman–Crippen LogP) is -0.337. The van der Waals surface area contributed by atoms with Crippen molar-refractivity contribution in [2.45, 2.75) is 32.4 Å². The van der Waals surface area contributed by atoms with Gasteiger partial charge in [-0.3, -0.25) is 4.79 Å². The monoisotopic (exact) mass is 215 g/mol. The van der Waals surface area contributed by atoms with Crippen LogP contribution in [0.25, 0.3) is 0 Å². The summed E-state index contributed by atoms with van der Waals surface area (Å²) >= 11 is 0. The third-order valence-corrected chi connectivity index (χ3v) is 2.49. The number of ether oxygens (including phenoxy) is 1. The first-order valence-corrected chi connectivity index (χ1v) is 4.94. The molecule has 1 aliphatic rings. The summed E-state index contributed by atoms with van der Waals surface area (Å²) in [7, 11) is 0. The SMILES string of the molecule is CC1CC(C(=O)NC(C)C(N)=NO)CO1. The summed E-state index contributed by atoms with van der Waals surface area (Å²) in [5, 5.41) is 13.9. The number of nitrogens with two attached hydrogens (primary N) is 1. The first-order valence-electron chi connectivity index (χ1n) is 4.94. The van der Waals surface area contributed by atoms with Gasteiger partial charge in [0, 0.05) is 0 Å². The topological polar surface area (TPSA) is 96.9 Å². The zero-order valence-electron chi connectivity index (χ0n) is 8.93. The van der Waals surface area contributed by atoms with Crippen molar-refractivity contribution in [3.63, 3.8) is 0 Å². The number of hydrogen-bond acceptors (Lipinski definition) is 4. The van der Waals surface area contributed by atoms with Crippen LogP contribution >= 0.6 is 0 Å². The van der Waals surface area contributed by atoms with Crippen molar-refractivity contribution in [1.82, 2.24) is 5.32 Å². The van der Waals surface area contributed by atoms with E-state index in [4.69, 9.17) is 15.7 Å². The number of hydrogen-bond donors (Lipinski definition) is 3. The highest BCUT2D eigenvalue weighted by atomic mass is 16.5. The molecule has 1 fully saturated rings. The van der Waals surface area contributed by atoms with E-state index >= 15 is 0 Å². The molecule has 0 radical (unpaired) electrons. The van der Waals surface area contributed by atoms with Crippen molar-refractivity contribution in [3.8, 4) is 0 Å². The molecule has 1 rings (SSSR count). The first kappa shape index (κ1) is 11.8. The van der Waals surface area contributed by atoms with E-state index in [2.05, 4.69) is 10.5 Å². The Morgan fingerprint density at radius 3 is 2.87 bits per heavy atom. The second-order valence-electron chi connectivity index (χ2n) is 3.83. The van der Waals surface area contributed by atoms with Crippen LogP contribution in [0.2, 0.25) is 0 Å². The summed E-state index contributed by atoms with van der Waals surface area (Å²) in [6.07, 6.45) is 0.842. The maximum atomic E-state index is 11.6. The Labute approximate surface area is 88.5 Å². The van der Waals surface area contributed by atoms with Crippen LogP contribution in [-0.4, -0.2) is 35.7 Å². The first-order chi connectivity index (χ1) is 7.04. The van der Waals surface area contributed by atoms with Gasteiger partial charge in [-0.15, -0.1) is 0 Å². The largest absolute Gasteiger partial charge is 0.409 e. The molecule has 1 saturated heterocycles. The number of nitrogens with zero attached hydrogens (tertiary/aromatic N) is 1. The van der Waals surface area contributed by atoms with Crippen molar-refractivity contribution in [3.05, 3.63) is 0 Å². The zero-order chi connectivity index (χ0) is 11.4. The molecule has 3 atom stereocenters. The highest BCUT2D eigenvalue weighted by Crippen LogP contribution is 2.18. The molecule has 3 unspecified atom stereocenters. The zero-order valence-corrected chi connectivity index (χ0v) is 8.93. The van der Waals surface area contributed by atoms with Crippen LogP contribution in [0, 0.1) is 5.92 Å². The van der Waals surface area contributed by atoms with Gasteiger partial charge in [0.1, 0.15) is 0 Å². The van der Waals surface area contributed by atoms with Crippen LogP contribution in [0.3, 0.4) is 0 Å². The number of carbonyl (C=O) groups excluding carboxylic acids is 1. The molecule has 1 aliphatic heterocycles. The normalized spacial score (nSPS) is 28.8. The van der Waals surface area contributed by atoms with Gasteiger partial charge in [0.15, 0.2) is 5.84 Å². The van der Waals surface area contributed by atoms with Gasteiger partial charge in [0.2, 0.25) is 5.91 Å². The van der Waals surface area contributed by atoms with E-state index in [9.17, 15) is 4.79 Å². The van der Waals surface area contributed by atoms with E-state index in [-0.39, 0.29) is 23.8 Å². The molecule has 0 aromatic rings. The van der Waals surface area contributed by atoms with Crippen LogP contribution in [0.4, 0.5) is 0 Å². The molecule has 1 amide bonds. The van der Waals surface area contributed by atoms with Gasteiger partial charge in [0.25, 0.3) is 0 Å². The van der Waals surface area contributed by atoms with Gasteiger partial charge in [-0.2, -0.15) is 0 Å². The fourth-order valence-corrected chi connectivity index (χ4v) is 1.49. The molecule has 6 heteroatoms. The van der Waals surface area contributed by atoms with Crippen LogP contribution in [0.5, 0.6) is 0 Å². The molecule has 0 aromatic heterocycles. The van der Waals surface area contributed by atoms with Gasteiger partial charge in [-0.25, -0.2) is 0 Å². The smallest absolute Gasteiger partial charge is 0.226 e. The minimum atomic E-state index is -0.460. The van der Waals surface area contributed by atoms with Crippen molar-refractivity contribution in [2.75, 3.05) is 6.61 Å². The average molecular weight is 215 g/mol. The van der Waals surface area contributed by atoms with Crippen molar-refractivity contribution >= 4 is 11.7 Å². The Morgan fingerprint density at radius 2 is 2.40 bits per heavy atom. The fourth-order valence-electron chi connectivity index (χ4n) is 1.49. The van der Waals surface area contributed by atoms with E-state index in [1.165, 1.54) is 0 Å². The summed E-state index contributed by atoms with van der Waals surface area (Å²) in [5.41, 5.74) is 5.34. The van der Waals surface area contributed by atoms with E-state index in [0.29, 0.717) is 13.0 Å². The van der Waals surface area contributed by atoms with E-state index in [0.717, 1.165) is 0 Å². The maximum absolute atomic E-state index is 11.6. The average Bonchev–Trinajstić information content (AvgIpc) is 2.63. The summed E-state index contributed by atoms with van der Waals surface area (Å²) in [5.74, 6) is -0.247. The second kappa shape index (κ2) is 4.97. The minimum absolute atomic E-state index is 0.00434. The number of rotatable bonds is 3. The fraction of sp³-hybridized carbons (Fsp3) is 0.778. The number of amides is 1. The number of amidine groups is 1. The van der Waals surface area contributed by atoms with E-state index in [1.54, 1.807) is 6.92 Å². The summed E-state index contributed by atoms with van der Waals surface area (Å²) in [6.45, 7) is 4.03. The number of oxime groups is 1. The molecule has 4 N–H and O–H groups in total. The van der Waals surface area contributed by atoms with Gasteiger partial charge in [-0.1, -0.05) is 5.16 Å². The Kier molecular flexibility index (Phi) is 3.90. The van der Waals surface area contributed by atoms with Gasteiger partial charge >= 0.3 is 0 Å². The van der Waals surface area contributed by atoms with Gasteiger partial charge < -0.3 is 21.0 Å². The lowest BCUT2D eigenvalue weighted by Gasteiger charge is -2.14. The standard InChI is InChI=1S/C9H17N3O3/c1-5-3-7(4-15-5)9(13)11-6(2)8(10)12-14/h5-7,14H,3-4H2,1-2H3,(H2,10,12)(H,11,13). The molecular formula is C9H17N3O3. The van der Waals surface area contributed by atoms with Gasteiger partial charge in [0.05, 0.1) is 24.7 Å². The molecule has 1 heterocycles. The summed E-state index contributed by atoms with van der Waals surface area (Å²) in [6, 6.07) is -0.460. The molecule has 86 valence electrons. The van der Waals surface area contributed by atoms with Crippen LogP contribution in [0.1, 0.15) is 20.3 Å². The lowest BCUT2D eigenvalue weighted by Crippen LogP contribution is -2.45. The van der Waals surface area contributed by atoms with Crippen molar-refractivity contribution in [2.24, 2.45) is 16.8 Å². The second-order valence-corrected chi connectivity index (χ2v) is 3.83. The van der Waals surface area contributed by atoms with E-state index < -0.39 is 6.04 Å². The number of carbonyl (C=O) groups is 1. The Hall–Kier alpha value is -1.30. The highest BCUT2D eigenvalue weighted by Gasteiger charge is 2.29. The van der Waals surface area contributed by atoms with Crippen LogP contribution < -0.4 is 11.1 Å². The van der Waals surface area contributed by atoms with E-state index in [1.807, 2.05) is 6.92 Å². The Morgan fingerprint density at radius 1 is 1.73 bits per heavy atom. The van der Waals surface area contributed by atoms with Crippen molar-refractivity contribution < 1.29 is 14.7 Å². The maximum Gasteiger partial charge on any atom is 0.226 e. The molecular weight excluding hydrogens is 198 g/mol. The third-order valence-electron chi connectivity index (χ3n) is 2.49. The molecule has 15 heavy (non-hydrogen) atoms. The third kappa shape index (κ3) is 3.09. The molecule has 0 spiro atoms. The Balaban J connectivity index is 2.42. The molecule has 0 bridgehead atoms. The number of nitrogens with one attached hydrogen (secondary N) is 1. The van der Waals surface area contributed by atoms with Crippen molar-refractivity contribution in [1.29, 1.82) is 0 Å². The molecule has 0 saturated carbocycles. The predicted molar refractivity (Wildman–Crippen MR) is 54.5 cm³/mol. The molecule has 0 aromatic carbocycles. The summed E-state index contributed by atoms with van der Waals surface area (Å²) < 4.78 is 5.28. The van der Waals surface area contributed by atoms with Crippen LogP contribution in [-0.2, 0) is 9.53 Å². The lowest BCUT2D eigenvalue weighted by atomic mass is 10.1. The van der Waals surface area contributed by atoms with Crippen LogP contribution in [0.15, 0.2) is 5.16 Å². The quantitative estimate of drug-likeness (QED) is 0.260. The minimum Gasteiger partial charge on any atom is -0.409 e. The molecule has 0 aliphatic carbocycles. The lowest BCUT2D eigenvalue weighted by molar-refractivity contribution is -0.125. The summed E-state index contributed by atoms with van der Waals surface area (Å²) in [4.78, 5) is 11.6. The van der Waals surface area contributed by atoms with Gasteiger partial charge in [-0.05, 0) is 20.3 Å². The Bertz CT molecular complexity index is 267.